The van der Waals surface area contributed by atoms with Gasteiger partial charge in [-0.15, -0.1) is 0 Å². The number of rotatable bonds is 20. The van der Waals surface area contributed by atoms with Crippen LogP contribution >= 0.6 is 0 Å². The van der Waals surface area contributed by atoms with Crippen molar-refractivity contribution >= 4 is 17.9 Å². The summed E-state index contributed by atoms with van der Waals surface area (Å²) in [6.07, 6.45) is 11.1. The van der Waals surface area contributed by atoms with Crippen molar-refractivity contribution in [1.29, 1.82) is 0 Å². The van der Waals surface area contributed by atoms with Crippen LogP contribution in [0.5, 0.6) is 0 Å². The highest BCUT2D eigenvalue weighted by Gasteiger charge is 2.42. The Bertz CT molecular complexity index is 506. The number of unbranched alkanes of at least 4 members (excludes halogenated alkanes) is 8. The first-order valence-corrected chi connectivity index (χ1v) is 12.1. The predicted molar refractivity (Wildman–Crippen MR) is 120 cm³/mol. The number of aliphatic hydroxyl groups is 1. The normalized spacial score (nSPS) is 13.9. The molecule has 0 saturated carbocycles. The van der Waals surface area contributed by atoms with Gasteiger partial charge in [0.2, 0.25) is 0 Å². The number of esters is 2. The summed E-state index contributed by atoms with van der Waals surface area (Å²) in [6.45, 7) is 6.64. The number of carbonyl (C=O) groups is 3. The Morgan fingerprint density at radius 2 is 1.29 bits per heavy atom. The summed E-state index contributed by atoms with van der Waals surface area (Å²) in [4.78, 5) is 35.5. The van der Waals surface area contributed by atoms with Crippen molar-refractivity contribution in [3.8, 4) is 0 Å². The van der Waals surface area contributed by atoms with Gasteiger partial charge in [0.25, 0.3) is 0 Å². The molecule has 0 heterocycles. The van der Waals surface area contributed by atoms with E-state index in [1.165, 1.54) is 25.7 Å². The zero-order valence-corrected chi connectivity index (χ0v) is 19.8. The molecule has 0 rings (SSSR count). The van der Waals surface area contributed by atoms with Crippen LogP contribution in [-0.4, -0.2) is 46.9 Å². The summed E-state index contributed by atoms with van der Waals surface area (Å²) < 4.78 is 10.2. The summed E-state index contributed by atoms with van der Waals surface area (Å²) in [5, 5.41) is 19.7. The number of carboxylic acid groups (broad SMARTS) is 1. The van der Waals surface area contributed by atoms with Crippen LogP contribution < -0.4 is 0 Å². The van der Waals surface area contributed by atoms with E-state index in [4.69, 9.17) is 9.47 Å². The van der Waals surface area contributed by atoms with Crippen LogP contribution in [0.15, 0.2) is 0 Å². The summed E-state index contributed by atoms with van der Waals surface area (Å²) in [7, 11) is 0. The molecule has 0 spiro atoms. The minimum atomic E-state index is -2.52. The molecule has 0 aromatic heterocycles. The Morgan fingerprint density at radius 3 is 1.81 bits per heavy atom. The Balaban J connectivity index is 4.26. The van der Waals surface area contributed by atoms with Crippen LogP contribution in [0, 0.1) is 5.92 Å². The molecule has 0 aromatic rings. The van der Waals surface area contributed by atoms with E-state index < -0.39 is 36.4 Å². The van der Waals surface area contributed by atoms with Gasteiger partial charge in [-0.3, -0.25) is 9.59 Å². The number of hydrogen-bond acceptors (Lipinski definition) is 6. The fourth-order valence-electron chi connectivity index (χ4n) is 3.32. The molecule has 0 aromatic carbocycles. The van der Waals surface area contributed by atoms with Crippen molar-refractivity contribution < 1.29 is 34.1 Å². The molecule has 0 aliphatic heterocycles. The molecule has 7 heteroatoms. The summed E-state index contributed by atoms with van der Waals surface area (Å²) in [5.74, 6) is -3.07. The second-order valence-electron chi connectivity index (χ2n) is 8.49. The molecule has 182 valence electrons. The quantitative estimate of drug-likeness (QED) is 0.200. The molecular formula is C24H44O7. The van der Waals surface area contributed by atoms with Crippen LogP contribution in [0.3, 0.4) is 0 Å². The van der Waals surface area contributed by atoms with Crippen LogP contribution in [0.1, 0.15) is 111 Å². The highest BCUT2D eigenvalue weighted by molar-refractivity contribution is 5.89. The van der Waals surface area contributed by atoms with Crippen LogP contribution in [0.2, 0.25) is 0 Å². The summed E-state index contributed by atoms with van der Waals surface area (Å²) in [5.41, 5.74) is -2.52. The third kappa shape index (κ3) is 14.9. The lowest BCUT2D eigenvalue weighted by atomic mass is 9.95. The lowest BCUT2D eigenvalue weighted by Gasteiger charge is -2.22. The standard InChI is InChI=1S/C24H44O7/c1-4-7-9-10-11-12-13-14-16-30-21(25)17-24(29,23(27)28)18-22(26)31-19-20(6-3)15-8-5-2/h20,29H,4-19H2,1-3H3,(H,27,28). The maximum Gasteiger partial charge on any atom is 0.336 e. The molecule has 2 atom stereocenters. The van der Waals surface area contributed by atoms with Gasteiger partial charge < -0.3 is 19.7 Å². The maximum absolute atomic E-state index is 12.1. The van der Waals surface area contributed by atoms with Gasteiger partial charge in [0.1, 0.15) is 0 Å². The summed E-state index contributed by atoms with van der Waals surface area (Å²) in [6, 6.07) is 0. The lowest BCUT2D eigenvalue weighted by Crippen LogP contribution is -2.43. The van der Waals surface area contributed by atoms with Crippen molar-refractivity contribution in [3.05, 3.63) is 0 Å². The van der Waals surface area contributed by atoms with Crippen molar-refractivity contribution in [1.82, 2.24) is 0 Å². The van der Waals surface area contributed by atoms with Crippen molar-refractivity contribution in [3.63, 3.8) is 0 Å². The van der Waals surface area contributed by atoms with Gasteiger partial charge in [-0.25, -0.2) is 4.79 Å². The van der Waals surface area contributed by atoms with Gasteiger partial charge in [-0.05, 0) is 18.8 Å². The molecule has 2 N–H and O–H groups in total. The minimum Gasteiger partial charge on any atom is -0.479 e. The van der Waals surface area contributed by atoms with E-state index in [2.05, 4.69) is 13.8 Å². The van der Waals surface area contributed by atoms with Crippen LogP contribution in [0.25, 0.3) is 0 Å². The molecular weight excluding hydrogens is 400 g/mol. The van der Waals surface area contributed by atoms with E-state index in [0.717, 1.165) is 44.9 Å². The van der Waals surface area contributed by atoms with Gasteiger partial charge in [-0.2, -0.15) is 0 Å². The largest absolute Gasteiger partial charge is 0.479 e. The van der Waals surface area contributed by atoms with Crippen molar-refractivity contribution in [2.75, 3.05) is 13.2 Å². The highest BCUT2D eigenvalue weighted by Crippen LogP contribution is 2.20. The Hall–Kier alpha value is -1.63. The van der Waals surface area contributed by atoms with Gasteiger partial charge in [0.05, 0.1) is 26.1 Å². The zero-order chi connectivity index (χ0) is 23.5. The van der Waals surface area contributed by atoms with Gasteiger partial charge in [0.15, 0.2) is 5.60 Å². The molecule has 0 aliphatic rings. The van der Waals surface area contributed by atoms with E-state index >= 15 is 0 Å². The Labute approximate surface area is 187 Å². The first kappa shape index (κ1) is 29.4. The number of carbonyl (C=O) groups excluding carboxylic acids is 2. The van der Waals surface area contributed by atoms with E-state index in [-0.39, 0.29) is 19.1 Å². The van der Waals surface area contributed by atoms with Gasteiger partial charge in [0, 0.05) is 0 Å². The molecule has 0 radical (unpaired) electrons. The van der Waals surface area contributed by atoms with Crippen molar-refractivity contribution in [2.24, 2.45) is 5.92 Å². The lowest BCUT2D eigenvalue weighted by molar-refractivity contribution is -0.173. The molecule has 31 heavy (non-hydrogen) atoms. The second-order valence-corrected chi connectivity index (χ2v) is 8.49. The third-order valence-corrected chi connectivity index (χ3v) is 5.56. The molecule has 0 aliphatic carbocycles. The minimum absolute atomic E-state index is 0.184. The predicted octanol–water partition coefficient (Wildman–Crippen LogP) is 5.03. The molecule has 0 bridgehead atoms. The van der Waals surface area contributed by atoms with E-state index in [1.54, 1.807) is 0 Å². The van der Waals surface area contributed by atoms with Crippen LogP contribution in [0.4, 0.5) is 0 Å². The SMILES string of the molecule is CCCCCCCCCCOC(=O)CC(O)(CC(=O)OCC(CC)CCCC)C(=O)O. The first-order valence-electron chi connectivity index (χ1n) is 12.1. The number of carboxylic acids is 1. The number of aliphatic carboxylic acids is 1. The van der Waals surface area contributed by atoms with Crippen molar-refractivity contribution in [2.45, 2.75) is 116 Å². The third-order valence-electron chi connectivity index (χ3n) is 5.56. The first-order chi connectivity index (χ1) is 14.8. The molecule has 0 amide bonds. The Morgan fingerprint density at radius 1 is 0.774 bits per heavy atom. The number of ether oxygens (including phenoxy) is 2. The molecule has 0 saturated heterocycles. The Kier molecular flexibility index (Phi) is 17.0. The second kappa shape index (κ2) is 18.0. The molecule has 0 fully saturated rings. The average molecular weight is 445 g/mol. The zero-order valence-electron chi connectivity index (χ0n) is 19.8. The van der Waals surface area contributed by atoms with Gasteiger partial charge >= 0.3 is 17.9 Å². The summed E-state index contributed by atoms with van der Waals surface area (Å²) >= 11 is 0. The smallest absolute Gasteiger partial charge is 0.336 e. The van der Waals surface area contributed by atoms with Crippen LogP contribution in [-0.2, 0) is 23.9 Å². The number of hydrogen-bond donors (Lipinski definition) is 2. The fraction of sp³-hybridized carbons (Fsp3) is 0.875. The fourth-order valence-corrected chi connectivity index (χ4v) is 3.32. The highest BCUT2D eigenvalue weighted by atomic mass is 16.5. The monoisotopic (exact) mass is 444 g/mol. The van der Waals surface area contributed by atoms with E-state index in [0.29, 0.717) is 6.42 Å². The molecule has 2 unspecified atom stereocenters. The van der Waals surface area contributed by atoms with E-state index in [1.807, 2.05) is 6.92 Å². The topological polar surface area (TPSA) is 110 Å². The maximum atomic E-state index is 12.1. The van der Waals surface area contributed by atoms with Gasteiger partial charge in [-0.1, -0.05) is 85.0 Å². The average Bonchev–Trinajstić information content (AvgIpc) is 2.72. The molecule has 7 nitrogen and oxygen atoms in total. The van der Waals surface area contributed by atoms with E-state index in [9.17, 15) is 24.6 Å².